The van der Waals surface area contributed by atoms with Gasteiger partial charge in [-0.05, 0) is 31.5 Å². The van der Waals surface area contributed by atoms with Crippen LogP contribution < -0.4 is 9.47 Å². The fourth-order valence-electron chi connectivity index (χ4n) is 3.02. The Labute approximate surface area is 142 Å². The summed E-state index contributed by atoms with van der Waals surface area (Å²) >= 11 is 0. The van der Waals surface area contributed by atoms with E-state index in [0.717, 1.165) is 55.4 Å². The summed E-state index contributed by atoms with van der Waals surface area (Å²) in [6, 6.07) is 9.73. The summed E-state index contributed by atoms with van der Waals surface area (Å²) in [7, 11) is 3.31. The molecule has 0 saturated carbocycles. The van der Waals surface area contributed by atoms with E-state index in [1.54, 1.807) is 14.2 Å². The van der Waals surface area contributed by atoms with Crippen LogP contribution in [0.4, 0.5) is 0 Å². The number of likely N-dealkylation sites (tertiary alicyclic amines) is 1. The Kier molecular flexibility index (Phi) is 5.72. The quantitative estimate of drug-likeness (QED) is 0.777. The molecule has 0 aliphatic carbocycles. The van der Waals surface area contributed by atoms with Crippen molar-refractivity contribution in [2.75, 3.05) is 27.3 Å². The molecule has 6 nitrogen and oxygen atoms in total. The molecule has 3 rings (SSSR count). The molecule has 24 heavy (non-hydrogen) atoms. The summed E-state index contributed by atoms with van der Waals surface area (Å²) in [5.74, 6) is 2.33. The maximum absolute atomic E-state index is 6.16. The first-order chi connectivity index (χ1) is 11.8. The number of benzene rings is 1. The van der Waals surface area contributed by atoms with Gasteiger partial charge in [0.05, 0.1) is 12.8 Å². The highest BCUT2D eigenvalue weighted by Gasteiger charge is 2.23. The SMILES string of the molecule is COCc1cc(CN2CCCC(Oc3ccccc3OC)C2)no1. The number of piperidine rings is 1. The number of para-hydroxylation sites is 2. The van der Waals surface area contributed by atoms with Crippen molar-refractivity contribution in [1.29, 1.82) is 0 Å². The molecule has 0 N–H and O–H groups in total. The molecule has 6 heteroatoms. The van der Waals surface area contributed by atoms with E-state index in [1.165, 1.54) is 0 Å². The van der Waals surface area contributed by atoms with E-state index < -0.39 is 0 Å². The van der Waals surface area contributed by atoms with Gasteiger partial charge in [-0.1, -0.05) is 17.3 Å². The van der Waals surface area contributed by atoms with Gasteiger partial charge >= 0.3 is 0 Å². The number of hydrogen-bond donors (Lipinski definition) is 0. The van der Waals surface area contributed by atoms with Gasteiger partial charge in [0.15, 0.2) is 17.3 Å². The Morgan fingerprint density at radius 2 is 2.08 bits per heavy atom. The molecule has 1 atom stereocenters. The molecular formula is C18H24N2O4. The first-order valence-electron chi connectivity index (χ1n) is 8.24. The standard InChI is InChI=1S/C18H24N2O4/c1-21-13-16-10-14(19-24-16)11-20-9-5-6-15(12-20)23-18-8-4-3-7-17(18)22-2/h3-4,7-8,10,15H,5-6,9,11-13H2,1-2H3. The van der Waals surface area contributed by atoms with E-state index in [4.69, 9.17) is 18.7 Å². The molecule has 1 aliphatic rings. The predicted octanol–water partition coefficient (Wildman–Crippen LogP) is 2.87. The monoisotopic (exact) mass is 332 g/mol. The van der Waals surface area contributed by atoms with E-state index in [0.29, 0.717) is 6.61 Å². The lowest BCUT2D eigenvalue weighted by Gasteiger charge is -2.32. The molecule has 1 fully saturated rings. The lowest BCUT2D eigenvalue weighted by molar-refractivity contribution is 0.0806. The van der Waals surface area contributed by atoms with Gasteiger partial charge in [0, 0.05) is 26.3 Å². The first-order valence-corrected chi connectivity index (χ1v) is 8.24. The molecule has 1 aromatic carbocycles. The molecule has 1 aromatic heterocycles. The first kappa shape index (κ1) is 16.8. The predicted molar refractivity (Wildman–Crippen MR) is 89.1 cm³/mol. The molecule has 1 aliphatic heterocycles. The smallest absolute Gasteiger partial charge is 0.162 e. The fourth-order valence-corrected chi connectivity index (χ4v) is 3.02. The van der Waals surface area contributed by atoms with Crippen LogP contribution in [0.1, 0.15) is 24.3 Å². The second kappa shape index (κ2) is 8.17. The molecule has 0 radical (unpaired) electrons. The van der Waals surface area contributed by atoms with Gasteiger partial charge in [-0.15, -0.1) is 0 Å². The van der Waals surface area contributed by atoms with E-state index in [9.17, 15) is 0 Å². The third-order valence-corrected chi connectivity index (χ3v) is 4.10. The van der Waals surface area contributed by atoms with Crippen molar-refractivity contribution in [2.24, 2.45) is 0 Å². The highest BCUT2D eigenvalue weighted by molar-refractivity contribution is 5.39. The molecule has 2 aromatic rings. The summed E-state index contributed by atoms with van der Waals surface area (Å²) in [6.07, 6.45) is 2.30. The Balaban J connectivity index is 1.57. The largest absolute Gasteiger partial charge is 0.493 e. The van der Waals surface area contributed by atoms with Crippen molar-refractivity contribution < 1.29 is 18.7 Å². The minimum atomic E-state index is 0.153. The minimum absolute atomic E-state index is 0.153. The van der Waals surface area contributed by atoms with Crippen molar-refractivity contribution >= 4 is 0 Å². The molecular weight excluding hydrogens is 308 g/mol. The van der Waals surface area contributed by atoms with Crippen LogP contribution in [0.3, 0.4) is 0 Å². The van der Waals surface area contributed by atoms with Gasteiger partial charge in [0.2, 0.25) is 0 Å². The molecule has 1 unspecified atom stereocenters. The average Bonchev–Trinajstić information content (AvgIpc) is 3.03. The minimum Gasteiger partial charge on any atom is -0.493 e. The lowest BCUT2D eigenvalue weighted by Crippen LogP contribution is -2.40. The third-order valence-electron chi connectivity index (χ3n) is 4.10. The second-order valence-electron chi connectivity index (χ2n) is 5.99. The van der Waals surface area contributed by atoms with E-state index in [2.05, 4.69) is 10.1 Å². The number of methoxy groups -OCH3 is 2. The molecule has 130 valence electrons. The Bertz CT molecular complexity index is 643. The molecule has 0 bridgehead atoms. The fraction of sp³-hybridized carbons (Fsp3) is 0.500. The highest BCUT2D eigenvalue weighted by atomic mass is 16.5. The summed E-state index contributed by atoms with van der Waals surface area (Å²) in [5.41, 5.74) is 0.931. The second-order valence-corrected chi connectivity index (χ2v) is 5.99. The van der Waals surface area contributed by atoms with Crippen LogP contribution in [0.5, 0.6) is 11.5 Å². The van der Waals surface area contributed by atoms with Crippen LogP contribution >= 0.6 is 0 Å². The maximum Gasteiger partial charge on any atom is 0.162 e. The molecule has 0 amide bonds. The van der Waals surface area contributed by atoms with Gasteiger partial charge in [-0.3, -0.25) is 4.90 Å². The maximum atomic E-state index is 6.16. The zero-order valence-corrected chi connectivity index (χ0v) is 14.2. The number of nitrogens with zero attached hydrogens (tertiary/aromatic N) is 2. The Morgan fingerprint density at radius 1 is 1.25 bits per heavy atom. The molecule has 0 spiro atoms. The van der Waals surface area contributed by atoms with Crippen molar-refractivity contribution in [3.8, 4) is 11.5 Å². The van der Waals surface area contributed by atoms with Gasteiger partial charge in [-0.2, -0.15) is 0 Å². The number of aromatic nitrogens is 1. The van der Waals surface area contributed by atoms with E-state index in [-0.39, 0.29) is 6.10 Å². The van der Waals surface area contributed by atoms with Crippen LogP contribution in [0.25, 0.3) is 0 Å². The normalized spacial score (nSPS) is 18.5. The lowest BCUT2D eigenvalue weighted by atomic mass is 10.1. The van der Waals surface area contributed by atoms with Crippen molar-refractivity contribution in [3.05, 3.63) is 41.8 Å². The zero-order valence-electron chi connectivity index (χ0n) is 14.2. The van der Waals surface area contributed by atoms with Crippen LogP contribution in [-0.4, -0.2) is 43.5 Å². The van der Waals surface area contributed by atoms with E-state index in [1.807, 2.05) is 30.3 Å². The van der Waals surface area contributed by atoms with Crippen molar-refractivity contribution in [2.45, 2.75) is 32.1 Å². The van der Waals surface area contributed by atoms with Gasteiger partial charge < -0.3 is 18.7 Å². The van der Waals surface area contributed by atoms with Crippen molar-refractivity contribution in [3.63, 3.8) is 0 Å². The summed E-state index contributed by atoms with van der Waals surface area (Å²) in [6.45, 7) is 3.12. The zero-order chi connectivity index (χ0) is 16.8. The van der Waals surface area contributed by atoms with Crippen LogP contribution in [-0.2, 0) is 17.9 Å². The Morgan fingerprint density at radius 3 is 2.88 bits per heavy atom. The highest BCUT2D eigenvalue weighted by Crippen LogP contribution is 2.28. The van der Waals surface area contributed by atoms with Gasteiger partial charge in [0.25, 0.3) is 0 Å². The topological polar surface area (TPSA) is 57.0 Å². The van der Waals surface area contributed by atoms with Crippen molar-refractivity contribution in [1.82, 2.24) is 10.1 Å². The van der Waals surface area contributed by atoms with E-state index >= 15 is 0 Å². The summed E-state index contributed by atoms with van der Waals surface area (Å²) < 4.78 is 21.8. The Hall–Kier alpha value is -2.05. The number of rotatable bonds is 7. The number of ether oxygens (including phenoxy) is 3. The van der Waals surface area contributed by atoms with Crippen LogP contribution in [0.2, 0.25) is 0 Å². The summed E-state index contributed by atoms with van der Waals surface area (Å²) in [4.78, 5) is 2.35. The number of hydrogen-bond acceptors (Lipinski definition) is 6. The molecule has 1 saturated heterocycles. The van der Waals surface area contributed by atoms with Crippen LogP contribution in [0, 0.1) is 0 Å². The molecule has 2 heterocycles. The summed E-state index contributed by atoms with van der Waals surface area (Å²) in [5, 5.41) is 4.11. The average molecular weight is 332 g/mol. The van der Waals surface area contributed by atoms with Crippen LogP contribution in [0.15, 0.2) is 34.9 Å². The third kappa shape index (κ3) is 4.27. The van der Waals surface area contributed by atoms with Gasteiger partial charge in [0.1, 0.15) is 12.7 Å². The van der Waals surface area contributed by atoms with Gasteiger partial charge in [-0.25, -0.2) is 0 Å².